The molecular weight excluding hydrogens is 212 g/mol. The summed E-state index contributed by atoms with van der Waals surface area (Å²) in [6, 6.07) is 0.365. The molecule has 17 heavy (non-hydrogen) atoms. The average molecular weight is 240 g/mol. The summed E-state index contributed by atoms with van der Waals surface area (Å²) in [5.41, 5.74) is 0.361. The number of amides is 1. The monoisotopic (exact) mass is 240 g/mol. The number of carbonyl (C=O) groups excluding carboxylic acids is 1. The molecule has 100 valence electrons. The Bertz CT molecular complexity index is 266. The maximum absolute atomic E-state index is 11.8. The second-order valence-corrected chi connectivity index (χ2v) is 6.93. The van der Waals surface area contributed by atoms with E-state index in [0.717, 1.165) is 13.0 Å². The minimum Gasteiger partial charge on any atom is -0.353 e. The van der Waals surface area contributed by atoms with E-state index >= 15 is 0 Å². The molecule has 3 heteroatoms. The van der Waals surface area contributed by atoms with Gasteiger partial charge in [0.15, 0.2) is 0 Å². The quantitative estimate of drug-likeness (QED) is 0.792. The molecule has 2 N–H and O–H groups in total. The van der Waals surface area contributed by atoms with Crippen LogP contribution in [0.1, 0.15) is 60.3 Å². The summed E-state index contributed by atoms with van der Waals surface area (Å²) in [6.45, 7) is 11.6. The van der Waals surface area contributed by atoms with Crippen LogP contribution in [-0.4, -0.2) is 24.0 Å². The number of carbonyl (C=O) groups is 1. The van der Waals surface area contributed by atoms with Crippen LogP contribution in [0.3, 0.4) is 0 Å². The number of rotatable bonds is 4. The van der Waals surface area contributed by atoms with E-state index in [9.17, 15) is 4.79 Å². The van der Waals surface area contributed by atoms with Crippen LogP contribution in [0.15, 0.2) is 0 Å². The second-order valence-electron chi connectivity index (χ2n) is 6.93. The van der Waals surface area contributed by atoms with E-state index < -0.39 is 0 Å². The molecule has 1 atom stereocenters. The Morgan fingerprint density at radius 2 is 2.00 bits per heavy atom. The molecule has 1 saturated carbocycles. The van der Waals surface area contributed by atoms with Crippen molar-refractivity contribution < 1.29 is 4.79 Å². The molecule has 0 saturated heterocycles. The molecule has 0 spiro atoms. The van der Waals surface area contributed by atoms with Crippen molar-refractivity contribution in [1.82, 2.24) is 10.6 Å². The van der Waals surface area contributed by atoms with Crippen LogP contribution in [0, 0.1) is 5.41 Å². The number of hydrogen-bond donors (Lipinski definition) is 2. The molecule has 1 fully saturated rings. The standard InChI is InChI=1S/C14H28N2O/c1-13(2,3)15-10-8-12(17)16-11-7-6-9-14(11,4)5/h11,15H,6-10H2,1-5H3,(H,16,17). The van der Waals surface area contributed by atoms with Gasteiger partial charge in [-0.3, -0.25) is 4.79 Å². The Kier molecular flexibility index (Phi) is 4.59. The summed E-state index contributed by atoms with van der Waals surface area (Å²) in [5, 5.41) is 6.51. The van der Waals surface area contributed by atoms with E-state index in [1.54, 1.807) is 0 Å². The molecule has 3 nitrogen and oxygen atoms in total. The Labute approximate surface area is 106 Å². The van der Waals surface area contributed by atoms with Crippen LogP contribution in [0.5, 0.6) is 0 Å². The van der Waals surface area contributed by atoms with Gasteiger partial charge in [0.2, 0.25) is 5.91 Å². The van der Waals surface area contributed by atoms with Crippen molar-refractivity contribution in [3.8, 4) is 0 Å². The fourth-order valence-electron chi connectivity index (χ4n) is 2.41. The third kappa shape index (κ3) is 5.07. The maximum atomic E-state index is 11.8. The van der Waals surface area contributed by atoms with Gasteiger partial charge in [-0.2, -0.15) is 0 Å². The minimum atomic E-state index is 0.0902. The van der Waals surface area contributed by atoms with E-state index in [4.69, 9.17) is 0 Å². The zero-order valence-electron chi connectivity index (χ0n) is 12.0. The van der Waals surface area contributed by atoms with Gasteiger partial charge in [-0.25, -0.2) is 0 Å². The summed E-state index contributed by atoms with van der Waals surface area (Å²) in [5.74, 6) is 0.182. The van der Waals surface area contributed by atoms with Gasteiger partial charge in [0.1, 0.15) is 0 Å². The zero-order chi connectivity index (χ0) is 13.1. The van der Waals surface area contributed by atoms with Gasteiger partial charge in [-0.15, -0.1) is 0 Å². The van der Waals surface area contributed by atoms with Gasteiger partial charge >= 0.3 is 0 Å². The molecule has 0 bridgehead atoms. The predicted molar refractivity (Wildman–Crippen MR) is 71.9 cm³/mol. The Morgan fingerprint density at radius 1 is 1.35 bits per heavy atom. The molecule has 0 aliphatic heterocycles. The van der Waals surface area contributed by atoms with Gasteiger partial charge in [0, 0.05) is 24.5 Å². The van der Waals surface area contributed by atoms with Crippen molar-refractivity contribution in [3.63, 3.8) is 0 Å². The van der Waals surface area contributed by atoms with Crippen molar-refractivity contribution in [2.45, 2.75) is 71.9 Å². The third-order valence-electron chi connectivity index (χ3n) is 3.60. The van der Waals surface area contributed by atoms with Gasteiger partial charge in [-0.1, -0.05) is 20.3 Å². The average Bonchev–Trinajstić information content (AvgIpc) is 2.43. The van der Waals surface area contributed by atoms with E-state index in [-0.39, 0.29) is 16.9 Å². The highest BCUT2D eigenvalue weighted by Gasteiger charge is 2.35. The normalized spacial score (nSPS) is 23.7. The summed E-state index contributed by atoms with van der Waals surface area (Å²) in [4.78, 5) is 11.8. The van der Waals surface area contributed by atoms with E-state index in [1.807, 2.05) is 0 Å². The topological polar surface area (TPSA) is 41.1 Å². The van der Waals surface area contributed by atoms with Crippen LogP contribution >= 0.6 is 0 Å². The van der Waals surface area contributed by atoms with E-state index in [0.29, 0.717) is 12.5 Å². The lowest BCUT2D eigenvalue weighted by Gasteiger charge is -2.28. The van der Waals surface area contributed by atoms with Crippen LogP contribution in [0.25, 0.3) is 0 Å². The fraction of sp³-hybridized carbons (Fsp3) is 0.929. The highest BCUT2D eigenvalue weighted by Crippen LogP contribution is 2.37. The summed E-state index contributed by atoms with van der Waals surface area (Å²) >= 11 is 0. The number of nitrogens with one attached hydrogen (secondary N) is 2. The largest absolute Gasteiger partial charge is 0.353 e. The molecule has 0 aromatic heterocycles. The van der Waals surface area contributed by atoms with E-state index in [2.05, 4.69) is 45.3 Å². The van der Waals surface area contributed by atoms with Gasteiger partial charge in [0.25, 0.3) is 0 Å². The molecule has 0 heterocycles. The van der Waals surface area contributed by atoms with Crippen molar-refractivity contribution >= 4 is 5.91 Å². The second kappa shape index (κ2) is 5.38. The van der Waals surface area contributed by atoms with Gasteiger partial charge in [0.05, 0.1) is 0 Å². The van der Waals surface area contributed by atoms with Gasteiger partial charge < -0.3 is 10.6 Å². The Balaban J connectivity index is 2.26. The minimum absolute atomic E-state index is 0.0902. The molecule has 0 radical (unpaired) electrons. The first-order valence-corrected chi connectivity index (χ1v) is 6.75. The molecule has 1 aliphatic carbocycles. The third-order valence-corrected chi connectivity index (χ3v) is 3.60. The lowest BCUT2D eigenvalue weighted by atomic mass is 9.87. The summed E-state index contributed by atoms with van der Waals surface area (Å²) in [6.07, 6.45) is 4.16. The van der Waals surface area contributed by atoms with Crippen LogP contribution in [0.4, 0.5) is 0 Å². The van der Waals surface area contributed by atoms with Crippen LogP contribution in [-0.2, 0) is 4.79 Å². The van der Waals surface area contributed by atoms with Crippen LogP contribution < -0.4 is 10.6 Å². The van der Waals surface area contributed by atoms with Crippen molar-refractivity contribution in [2.24, 2.45) is 5.41 Å². The van der Waals surface area contributed by atoms with Crippen molar-refractivity contribution in [3.05, 3.63) is 0 Å². The first-order chi connectivity index (χ1) is 7.71. The zero-order valence-corrected chi connectivity index (χ0v) is 12.0. The fourth-order valence-corrected chi connectivity index (χ4v) is 2.41. The molecule has 1 amide bonds. The molecule has 1 aliphatic rings. The first kappa shape index (κ1) is 14.5. The highest BCUT2D eigenvalue weighted by molar-refractivity contribution is 5.76. The summed E-state index contributed by atoms with van der Waals surface area (Å²) in [7, 11) is 0. The van der Waals surface area contributed by atoms with Crippen molar-refractivity contribution in [1.29, 1.82) is 0 Å². The molecule has 0 aromatic carbocycles. The van der Waals surface area contributed by atoms with Gasteiger partial charge in [-0.05, 0) is 39.0 Å². The Morgan fingerprint density at radius 3 is 2.47 bits per heavy atom. The molecular formula is C14H28N2O. The molecule has 1 unspecified atom stereocenters. The summed E-state index contributed by atoms with van der Waals surface area (Å²) < 4.78 is 0. The SMILES string of the molecule is CC(C)(C)NCCC(=O)NC1CCCC1(C)C. The first-order valence-electron chi connectivity index (χ1n) is 6.75. The molecule has 1 rings (SSSR count). The van der Waals surface area contributed by atoms with Crippen LogP contribution in [0.2, 0.25) is 0 Å². The smallest absolute Gasteiger partial charge is 0.221 e. The molecule has 0 aromatic rings. The lowest BCUT2D eigenvalue weighted by molar-refractivity contribution is -0.122. The van der Waals surface area contributed by atoms with Crippen molar-refractivity contribution in [2.75, 3.05) is 6.54 Å². The maximum Gasteiger partial charge on any atom is 0.221 e. The lowest BCUT2D eigenvalue weighted by Crippen LogP contribution is -2.43. The highest BCUT2D eigenvalue weighted by atomic mass is 16.1. The number of hydrogen-bond acceptors (Lipinski definition) is 2. The Hall–Kier alpha value is -0.570. The van der Waals surface area contributed by atoms with E-state index in [1.165, 1.54) is 12.8 Å². The predicted octanol–water partition coefficient (Wildman–Crippen LogP) is 2.46.